The molecule has 0 aliphatic rings. The summed E-state index contributed by atoms with van der Waals surface area (Å²) < 4.78 is 7.14. The van der Waals surface area contributed by atoms with Crippen molar-refractivity contribution in [3.05, 3.63) is 63.9 Å². The number of carbonyl (C=O) groups excluding carboxylic acids is 2. The van der Waals surface area contributed by atoms with Gasteiger partial charge in [-0.15, -0.1) is 10.2 Å². The number of rotatable bonds is 9. The van der Waals surface area contributed by atoms with Crippen LogP contribution in [0.3, 0.4) is 0 Å². The Morgan fingerprint density at radius 3 is 2.52 bits per heavy atom. The third-order valence-corrected chi connectivity index (χ3v) is 6.33. The minimum atomic E-state index is -0.420. The van der Waals surface area contributed by atoms with Gasteiger partial charge in [0.05, 0.1) is 28.4 Å². The van der Waals surface area contributed by atoms with Gasteiger partial charge in [-0.1, -0.05) is 35.0 Å². The molecule has 11 heteroatoms. The van der Waals surface area contributed by atoms with Crippen molar-refractivity contribution in [2.45, 2.75) is 25.0 Å². The summed E-state index contributed by atoms with van der Waals surface area (Å²) in [6.07, 6.45) is 0. The summed E-state index contributed by atoms with van der Waals surface area (Å²) in [5.41, 5.74) is 1.07. The number of aromatic nitrogens is 3. The van der Waals surface area contributed by atoms with E-state index in [2.05, 4.69) is 20.8 Å². The summed E-state index contributed by atoms with van der Waals surface area (Å²) >= 11 is 13.1. The largest absolute Gasteiger partial charge is 0.494 e. The third kappa shape index (κ3) is 6.63. The molecule has 8 nitrogen and oxygen atoms in total. The Bertz CT molecular complexity index is 1140. The van der Waals surface area contributed by atoms with Crippen molar-refractivity contribution in [3.63, 3.8) is 0 Å². The molecule has 1 heterocycles. The van der Waals surface area contributed by atoms with E-state index >= 15 is 0 Å². The lowest BCUT2D eigenvalue weighted by Crippen LogP contribution is -2.28. The van der Waals surface area contributed by atoms with E-state index in [4.69, 9.17) is 27.9 Å². The van der Waals surface area contributed by atoms with Gasteiger partial charge >= 0.3 is 0 Å². The third-order valence-electron chi connectivity index (χ3n) is 4.57. The van der Waals surface area contributed by atoms with E-state index < -0.39 is 6.04 Å². The van der Waals surface area contributed by atoms with Gasteiger partial charge in [-0.2, -0.15) is 0 Å². The van der Waals surface area contributed by atoms with Crippen LogP contribution in [-0.2, 0) is 11.8 Å². The van der Waals surface area contributed by atoms with Gasteiger partial charge in [-0.3, -0.25) is 9.59 Å². The summed E-state index contributed by atoms with van der Waals surface area (Å²) in [6.45, 7) is 4.29. The second-order valence-electron chi connectivity index (χ2n) is 7.02. The highest BCUT2D eigenvalue weighted by atomic mass is 35.5. The topological polar surface area (TPSA) is 98.1 Å². The average Bonchev–Trinajstić information content (AvgIpc) is 3.16. The Labute approximate surface area is 206 Å². The second-order valence-corrected chi connectivity index (χ2v) is 8.77. The van der Waals surface area contributed by atoms with E-state index in [0.717, 1.165) is 5.75 Å². The average molecular weight is 508 g/mol. The minimum Gasteiger partial charge on any atom is -0.494 e. The number of hydrogen-bond acceptors (Lipinski definition) is 6. The van der Waals surface area contributed by atoms with Gasteiger partial charge in [0.2, 0.25) is 5.91 Å². The van der Waals surface area contributed by atoms with E-state index in [1.54, 1.807) is 54.9 Å². The van der Waals surface area contributed by atoms with Crippen molar-refractivity contribution in [1.82, 2.24) is 20.1 Å². The lowest BCUT2D eigenvalue weighted by molar-refractivity contribution is -0.113. The van der Waals surface area contributed by atoms with E-state index in [1.807, 2.05) is 6.92 Å². The Balaban J connectivity index is 1.55. The van der Waals surface area contributed by atoms with Crippen LogP contribution < -0.4 is 15.4 Å². The van der Waals surface area contributed by atoms with Crippen LogP contribution in [0.5, 0.6) is 5.75 Å². The fourth-order valence-corrected chi connectivity index (χ4v) is 3.96. The predicted molar refractivity (Wildman–Crippen MR) is 130 cm³/mol. The highest BCUT2D eigenvalue weighted by Crippen LogP contribution is 2.24. The molecule has 0 aliphatic carbocycles. The van der Waals surface area contributed by atoms with Crippen molar-refractivity contribution in [1.29, 1.82) is 0 Å². The quantitative estimate of drug-likeness (QED) is 0.405. The van der Waals surface area contributed by atoms with Crippen molar-refractivity contribution in [3.8, 4) is 5.75 Å². The van der Waals surface area contributed by atoms with Crippen LogP contribution in [0.4, 0.5) is 5.69 Å². The molecule has 0 spiro atoms. The second kappa shape index (κ2) is 11.4. The monoisotopic (exact) mass is 507 g/mol. The first kappa shape index (κ1) is 24.9. The van der Waals surface area contributed by atoms with Crippen LogP contribution in [0.25, 0.3) is 0 Å². The number of carbonyl (C=O) groups is 2. The molecule has 0 saturated carbocycles. The molecule has 2 N–H and O–H groups in total. The van der Waals surface area contributed by atoms with E-state index in [-0.39, 0.29) is 17.6 Å². The van der Waals surface area contributed by atoms with Crippen LogP contribution in [-0.4, -0.2) is 38.9 Å². The number of nitrogens with one attached hydrogen (secondary N) is 2. The molecule has 0 radical (unpaired) electrons. The zero-order valence-corrected chi connectivity index (χ0v) is 20.6. The summed E-state index contributed by atoms with van der Waals surface area (Å²) in [5, 5.41) is 15.2. The predicted octanol–water partition coefficient (Wildman–Crippen LogP) is 4.74. The maximum Gasteiger partial charge on any atom is 0.251 e. The number of ether oxygens (including phenoxy) is 1. The van der Waals surface area contributed by atoms with Gasteiger partial charge in [-0.05, 0) is 56.3 Å². The summed E-state index contributed by atoms with van der Waals surface area (Å²) in [7, 11) is 1.78. The normalized spacial score (nSPS) is 11.7. The molecule has 0 unspecified atom stereocenters. The Morgan fingerprint density at radius 2 is 1.85 bits per heavy atom. The van der Waals surface area contributed by atoms with E-state index in [1.165, 1.54) is 17.8 Å². The van der Waals surface area contributed by atoms with Gasteiger partial charge in [0.25, 0.3) is 5.91 Å². The summed E-state index contributed by atoms with van der Waals surface area (Å²) in [4.78, 5) is 24.8. The first-order chi connectivity index (χ1) is 15.8. The van der Waals surface area contributed by atoms with Crippen LogP contribution >= 0.6 is 35.0 Å². The summed E-state index contributed by atoms with van der Waals surface area (Å²) in [6, 6.07) is 11.4. The van der Waals surface area contributed by atoms with Gasteiger partial charge in [0, 0.05) is 18.3 Å². The molecule has 0 fully saturated rings. The van der Waals surface area contributed by atoms with Gasteiger partial charge in [0.15, 0.2) is 11.0 Å². The number of thioether (sulfide) groups is 1. The Morgan fingerprint density at radius 1 is 1.12 bits per heavy atom. The number of amides is 2. The van der Waals surface area contributed by atoms with Gasteiger partial charge < -0.3 is 19.9 Å². The molecular weight excluding hydrogens is 485 g/mol. The number of anilines is 1. The number of hydrogen-bond donors (Lipinski definition) is 2. The molecule has 0 aliphatic heterocycles. The molecule has 3 aromatic rings. The fraction of sp³-hybridized carbons (Fsp3) is 0.273. The maximum absolute atomic E-state index is 12.5. The smallest absolute Gasteiger partial charge is 0.251 e. The number of benzene rings is 2. The van der Waals surface area contributed by atoms with E-state index in [9.17, 15) is 9.59 Å². The van der Waals surface area contributed by atoms with Gasteiger partial charge in [-0.25, -0.2) is 0 Å². The molecule has 0 bridgehead atoms. The first-order valence-electron chi connectivity index (χ1n) is 10.1. The molecule has 2 aromatic carbocycles. The Hall–Kier alpha value is -2.75. The highest BCUT2D eigenvalue weighted by Gasteiger charge is 2.19. The first-order valence-corrected chi connectivity index (χ1v) is 11.8. The maximum atomic E-state index is 12.5. The van der Waals surface area contributed by atoms with Crippen molar-refractivity contribution < 1.29 is 14.3 Å². The summed E-state index contributed by atoms with van der Waals surface area (Å²) in [5.74, 6) is 0.973. The number of halogens is 2. The molecule has 2 amide bonds. The van der Waals surface area contributed by atoms with Crippen molar-refractivity contribution in [2.24, 2.45) is 7.05 Å². The van der Waals surface area contributed by atoms with Crippen LogP contribution in [0.1, 0.15) is 36.1 Å². The standard InChI is InChI=1S/C22H23Cl2N5O3S/c1-4-32-16-8-6-15(7-9-16)26-19(30)12-33-22-28-27-20(29(22)3)13(2)25-21(31)14-5-10-17(23)18(24)11-14/h5-11,13H,4,12H2,1-3H3,(H,25,31)(H,26,30)/t13-/m1/s1. The van der Waals surface area contributed by atoms with Crippen LogP contribution in [0.15, 0.2) is 47.6 Å². The van der Waals surface area contributed by atoms with Crippen molar-refractivity contribution >= 4 is 52.5 Å². The van der Waals surface area contributed by atoms with Gasteiger partial charge in [0.1, 0.15) is 5.75 Å². The fourth-order valence-electron chi connectivity index (χ4n) is 2.94. The van der Waals surface area contributed by atoms with Crippen LogP contribution in [0, 0.1) is 0 Å². The Kier molecular flexibility index (Phi) is 8.60. The lowest BCUT2D eigenvalue weighted by Gasteiger charge is -2.14. The molecule has 0 saturated heterocycles. The molecule has 3 rings (SSSR count). The molecule has 1 atom stereocenters. The molecule has 33 heavy (non-hydrogen) atoms. The van der Waals surface area contributed by atoms with E-state index in [0.29, 0.717) is 38.9 Å². The lowest BCUT2D eigenvalue weighted by atomic mass is 10.2. The van der Waals surface area contributed by atoms with Crippen molar-refractivity contribution in [2.75, 3.05) is 17.7 Å². The molecule has 174 valence electrons. The molecule has 1 aromatic heterocycles. The zero-order chi connectivity index (χ0) is 24.0. The number of nitrogens with zero attached hydrogens (tertiary/aromatic N) is 3. The molecular formula is C22H23Cl2N5O3S. The SMILES string of the molecule is CCOc1ccc(NC(=O)CSc2nnc([C@@H](C)NC(=O)c3ccc(Cl)c(Cl)c3)n2C)cc1. The highest BCUT2D eigenvalue weighted by molar-refractivity contribution is 7.99. The van der Waals surface area contributed by atoms with Crippen LogP contribution in [0.2, 0.25) is 10.0 Å². The minimum absolute atomic E-state index is 0.156. The zero-order valence-electron chi connectivity index (χ0n) is 18.3.